The van der Waals surface area contributed by atoms with E-state index in [0.29, 0.717) is 18.0 Å². The summed E-state index contributed by atoms with van der Waals surface area (Å²) in [6, 6.07) is 14.2. The summed E-state index contributed by atoms with van der Waals surface area (Å²) in [5, 5.41) is 5.40. The normalized spacial score (nSPS) is 11.0. The Hall–Kier alpha value is -3.39. The number of amides is 2. The molecule has 3 aromatic rings. The Morgan fingerprint density at radius 1 is 1.07 bits per heavy atom. The molecule has 0 aliphatic rings. The van der Waals surface area contributed by atoms with Gasteiger partial charge in [-0.15, -0.1) is 0 Å². The number of ether oxygens (including phenoxy) is 1. The second-order valence-electron chi connectivity index (χ2n) is 6.52. The van der Waals surface area contributed by atoms with Gasteiger partial charge < -0.3 is 15.4 Å². The summed E-state index contributed by atoms with van der Waals surface area (Å²) in [7, 11) is -2.18. The van der Waals surface area contributed by atoms with E-state index in [1.807, 2.05) is 13.0 Å². The highest BCUT2D eigenvalue weighted by Crippen LogP contribution is 2.28. The molecule has 2 aromatic carbocycles. The highest BCUT2D eigenvalue weighted by molar-refractivity contribution is 7.91. The van der Waals surface area contributed by atoms with Crippen LogP contribution in [0.25, 0.3) is 0 Å². The molecule has 0 bridgehead atoms. The molecule has 3 rings (SSSR count). The molecule has 0 saturated heterocycles. The van der Waals surface area contributed by atoms with Crippen molar-refractivity contribution >= 4 is 21.6 Å². The van der Waals surface area contributed by atoms with Gasteiger partial charge in [-0.3, -0.25) is 4.98 Å². The van der Waals surface area contributed by atoms with E-state index in [9.17, 15) is 13.2 Å². The number of aromatic nitrogens is 1. The third-order valence-electron chi connectivity index (χ3n) is 4.55. The van der Waals surface area contributed by atoms with Crippen LogP contribution < -0.4 is 15.4 Å². The average Bonchev–Trinajstić information content (AvgIpc) is 2.78. The van der Waals surface area contributed by atoms with Crippen LogP contribution >= 0.6 is 0 Å². The average molecular weight is 426 g/mol. The van der Waals surface area contributed by atoms with Gasteiger partial charge in [0, 0.05) is 24.6 Å². The molecular formula is C22H23N3O4S. The first-order chi connectivity index (χ1) is 14.4. The van der Waals surface area contributed by atoms with Crippen molar-refractivity contribution in [2.45, 2.75) is 29.7 Å². The van der Waals surface area contributed by atoms with Crippen LogP contribution in [0.3, 0.4) is 0 Å². The first kappa shape index (κ1) is 21.3. The molecule has 0 saturated carbocycles. The fourth-order valence-electron chi connectivity index (χ4n) is 2.90. The van der Waals surface area contributed by atoms with Crippen LogP contribution in [0.2, 0.25) is 0 Å². The molecular weight excluding hydrogens is 402 g/mol. The Kier molecular flexibility index (Phi) is 6.68. The van der Waals surface area contributed by atoms with Gasteiger partial charge in [0.1, 0.15) is 5.75 Å². The third-order valence-corrected chi connectivity index (χ3v) is 6.32. The largest absolute Gasteiger partial charge is 0.496 e. The Morgan fingerprint density at radius 2 is 1.80 bits per heavy atom. The number of rotatable bonds is 7. The van der Waals surface area contributed by atoms with E-state index in [-0.39, 0.29) is 9.79 Å². The fraction of sp³-hybridized carbons (Fsp3) is 0.182. The van der Waals surface area contributed by atoms with Gasteiger partial charge in [-0.2, -0.15) is 0 Å². The van der Waals surface area contributed by atoms with Crippen molar-refractivity contribution in [2.24, 2.45) is 0 Å². The van der Waals surface area contributed by atoms with Crippen molar-refractivity contribution in [1.29, 1.82) is 0 Å². The van der Waals surface area contributed by atoms with Crippen LogP contribution in [0.15, 0.2) is 76.8 Å². The zero-order chi connectivity index (χ0) is 21.6. The van der Waals surface area contributed by atoms with Gasteiger partial charge in [-0.1, -0.05) is 19.1 Å². The van der Waals surface area contributed by atoms with Gasteiger partial charge in [0.15, 0.2) is 0 Å². The number of nitrogens with one attached hydrogen (secondary N) is 2. The number of hydrogen-bond acceptors (Lipinski definition) is 5. The Morgan fingerprint density at radius 3 is 2.43 bits per heavy atom. The van der Waals surface area contributed by atoms with Crippen LogP contribution in [-0.4, -0.2) is 26.5 Å². The molecule has 0 spiro atoms. The maximum absolute atomic E-state index is 12.9. The van der Waals surface area contributed by atoms with E-state index in [0.717, 1.165) is 17.5 Å². The summed E-state index contributed by atoms with van der Waals surface area (Å²) in [5.74, 6) is 0.544. The minimum absolute atomic E-state index is 0.134. The van der Waals surface area contributed by atoms with E-state index >= 15 is 0 Å². The highest BCUT2D eigenvalue weighted by atomic mass is 32.2. The molecule has 156 valence electrons. The number of methoxy groups -OCH3 is 1. The molecule has 7 nitrogen and oxygen atoms in total. The lowest BCUT2D eigenvalue weighted by Gasteiger charge is -2.11. The Labute approximate surface area is 176 Å². The van der Waals surface area contributed by atoms with Crippen molar-refractivity contribution < 1.29 is 17.9 Å². The number of carbonyl (C=O) groups excluding carboxylic acids is 1. The summed E-state index contributed by atoms with van der Waals surface area (Å²) in [4.78, 5) is 16.3. The topological polar surface area (TPSA) is 97.4 Å². The molecule has 1 aromatic heterocycles. The molecule has 2 N–H and O–H groups in total. The van der Waals surface area contributed by atoms with Crippen molar-refractivity contribution in [1.82, 2.24) is 10.3 Å². The number of benzene rings is 2. The van der Waals surface area contributed by atoms with E-state index in [1.165, 1.54) is 25.3 Å². The van der Waals surface area contributed by atoms with Crippen LogP contribution in [0.5, 0.6) is 5.75 Å². The number of aryl methyl sites for hydroxylation is 1. The lowest BCUT2D eigenvalue weighted by atomic mass is 10.1. The maximum atomic E-state index is 12.9. The number of sulfone groups is 1. The number of anilines is 1. The first-order valence-corrected chi connectivity index (χ1v) is 10.9. The zero-order valence-electron chi connectivity index (χ0n) is 16.8. The minimum Gasteiger partial charge on any atom is -0.496 e. The smallest absolute Gasteiger partial charge is 0.319 e. The summed E-state index contributed by atoms with van der Waals surface area (Å²) >= 11 is 0. The number of carbonyl (C=O) groups is 1. The molecule has 8 heteroatoms. The van der Waals surface area contributed by atoms with Crippen molar-refractivity contribution in [3.05, 3.63) is 78.1 Å². The van der Waals surface area contributed by atoms with Crippen LogP contribution in [-0.2, 0) is 22.8 Å². The summed E-state index contributed by atoms with van der Waals surface area (Å²) in [5.41, 5.74) is 2.29. The lowest BCUT2D eigenvalue weighted by Crippen LogP contribution is -2.28. The quantitative estimate of drug-likeness (QED) is 0.600. The summed E-state index contributed by atoms with van der Waals surface area (Å²) in [6.45, 7) is 2.31. The zero-order valence-corrected chi connectivity index (χ0v) is 17.6. The minimum atomic E-state index is -3.70. The van der Waals surface area contributed by atoms with Gasteiger partial charge in [-0.25, -0.2) is 13.2 Å². The van der Waals surface area contributed by atoms with Gasteiger partial charge >= 0.3 is 6.03 Å². The molecule has 1 heterocycles. The van der Waals surface area contributed by atoms with E-state index in [1.54, 1.807) is 42.7 Å². The first-order valence-electron chi connectivity index (χ1n) is 9.40. The molecule has 2 amide bonds. The SMILES string of the molecule is CCc1ccc(S(=O)(=O)c2ccc(NC(=O)NCc3cccnc3)cc2)cc1OC. The lowest BCUT2D eigenvalue weighted by molar-refractivity contribution is 0.251. The van der Waals surface area contributed by atoms with Gasteiger partial charge in [0.2, 0.25) is 9.84 Å². The predicted octanol–water partition coefficient (Wildman–Crippen LogP) is 3.81. The summed E-state index contributed by atoms with van der Waals surface area (Å²) in [6.07, 6.45) is 4.07. The predicted molar refractivity (Wildman–Crippen MR) is 114 cm³/mol. The standard InChI is InChI=1S/C22H23N3O4S/c1-3-17-6-9-20(13-21(17)29-2)30(27,28)19-10-7-18(8-11-19)25-22(26)24-15-16-5-4-12-23-14-16/h4-14H,3,15H2,1-2H3,(H2,24,25,26). The third kappa shape index (κ3) is 4.96. The van der Waals surface area contributed by atoms with Crippen LogP contribution in [0.1, 0.15) is 18.1 Å². The van der Waals surface area contributed by atoms with E-state index in [2.05, 4.69) is 15.6 Å². The van der Waals surface area contributed by atoms with Gasteiger partial charge in [0.05, 0.1) is 16.9 Å². The molecule has 0 aliphatic carbocycles. The molecule has 0 fully saturated rings. The molecule has 0 unspecified atom stereocenters. The van der Waals surface area contributed by atoms with Crippen molar-refractivity contribution in [3.8, 4) is 5.75 Å². The molecule has 0 radical (unpaired) electrons. The number of hydrogen-bond donors (Lipinski definition) is 2. The van der Waals surface area contributed by atoms with Crippen LogP contribution in [0.4, 0.5) is 10.5 Å². The molecule has 0 aliphatic heterocycles. The monoisotopic (exact) mass is 425 g/mol. The van der Waals surface area contributed by atoms with E-state index in [4.69, 9.17) is 4.74 Å². The number of pyridine rings is 1. The Balaban J connectivity index is 1.69. The highest BCUT2D eigenvalue weighted by Gasteiger charge is 2.19. The molecule has 0 atom stereocenters. The van der Waals surface area contributed by atoms with Crippen molar-refractivity contribution in [2.75, 3.05) is 12.4 Å². The van der Waals surface area contributed by atoms with Crippen molar-refractivity contribution in [3.63, 3.8) is 0 Å². The van der Waals surface area contributed by atoms with Crippen LogP contribution in [0, 0.1) is 0 Å². The van der Waals surface area contributed by atoms with E-state index < -0.39 is 15.9 Å². The van der Waals surface area contributed by atoms with Gasteiger partial charge in [0.25, 0.3) is 0 Å². The second-order valence-corrected chi connectivity index (χ2v) is 8.47. The number of nitrogens with zero attached hydrogens (tertiary/aromatic N) is 1. The fourth-order valence-corrected chi connectivity index (χ4v) is 4.17. The number of urea groups is 1. The summed E-state index contributed by atoms with van der Waals surface area (Å²) < 4.78 is 31.2. The van der Waals surface area contributed by atoms with Gasteiger partial charge in [-0.05, 0) is 60.0 Å². The Bertz CT molecular complexity index is 1110. The second kappa shape index (κ2) is 9.41. The molecule has 30 heavy (non-hydrogen) atoms. The maximum Gasteiger partial charge on any atom is 0.319 e.